The van der Waals surface area contributed by atoms with Crippen LogP contribution in [-0.4, -0.2) is 27.8 Å². The van der Waals surface area contributed by atoms with Crippen molar-refractivity contribution in [2.24, 2.45) is 17.8 Å². The molecule has 122 valence electrons. The maximum absolute atomic E-state index is 13.4. The van der Waals surface area contributed by atoms with Crippen LogP contribution in [0.5, 0.6) is 0 Å². The molecular weight excluding hydrogens is 298 g/mol. The van der Waals surface area contributed by atoms with Crippen LogP contribution in [0.25, 0.3) is 0 Å². The zero-order valence-corrected chi connectivity index (χ0v) is 13.2. The molecule has 21 heavy (non-hydrogen) atoms. The lowest BCUT2D eigenvalue weighted by Gasteiger charge is -2.27. The van der Waals surface area contributed by atoms with Crippen LogP contribution in [0.2, 0.25) is 0 Å². The highest BCUT2D eigenvalue weighted by Gasteiger charge is 2.43. The van der Waals surface area contributed by atoms with E-state index in [0.717, 1.165) is 23.6 Å². The lowest BCUT2D eigenvalue weighted by atomic mass is 9.79. The minimum absolute atomic E-state index is 0.0151. The molecule has 3 atom stereocenters. The summed E-state index contributed by atoms with van der Waals surface area (Å²) in [5.41, 5.74) is 0. The van der Waals surface area contributed by atoms with Gasteiger partial charge in [-0.05, 0) is 62.1 Å². The molecule has 1 N–H and O–H groups in total. The van der Waals surface area contributed by atoms with E-state index < -0.39 is 22.0 Å². The second-order valence-electron chi connectivity index (χ2n) is 6.23. The van der Waals surface area contributed by atoms with Gasteiger partial charge in [0.2, 0.25) is 0 Å². The summed E-state index contributed by atoms with van der Waals surface area (Å²) >= 11 is 0. The molecule has 0 radical (unpaired) electrons. The van der Waals surface area contributed by atoms with Crippen molar-refractivity contribution in [3.05, 3.63) is 0 Å². The highest BCUT2D eigenvalue weighted by atomic mass is 32.2. The number of hydrogen-bond donors (Lipinski definition) is 1. The zero-order chi connectivity index (χ0) is 15.5. The van der Waals surface area contributed by atoms with E-state index in [-0.39, 0.29) is 6.61 Å². The van der Waals surface area contributed by atoms with Crippen LogP contribution in [0.15, 0.2) is 0 Å². The Labute approximate surface area is 127 Å². The van der Waals surface area contributed by atoms with Crippen molar-refractivity contribution < 1.29 is 22.9 Å². The summed E-state index contributed by atoms with van der Waals surface area (Å²) in [6, 6.07) is 0. The Kier molecular flexibility index (Phi) is 5.77. The standard InChI is InChI=1S/C15H24F2O3S/c1-2-21(19)15(16,17)14(18)20-7-3-4-11-8-12-5-6-13(9-11)10-12/h2,11-13,19H,3-10H2,1H3. The maximum atomic E-state index is 13.4. The van der Waals surface area contributed by atoms with E-state index in [9.17, 15) is 13.6 Å². The number of fused-ring (bicyclic) bond motifs is 2. The molecule has 3 unspecified atom stereocenters. The summed E-state index contributed by atoms with van der Waals surface area (Å²) in [7, 11) is -2.36. The molecule has 0 heterocycles. The fourth-order valence-corrected chi connectivity index (χ4v) is 4.26. The van der Waals surface area contributed by atoms with E-state index in [1.165, 1.54) is 39.0 Å². The molecule has 0 saturated heterocycles. The van der Waals surface area contributed by atoms with Gasteiger partial charge in [0.15, 0.2) is 0 Å². The number of carbonyl (C=O) groups excluding carboxylic acids is 1. The first-order valence-corrected chi connectivity index (χ1v) is 8.94. The van der Waals surface area contributed by atoms with E-state index in [4.69, 9.17) is 4.55 Å². The summed E-state index contributed by atoms with van der Waals surface area (Å²) < 4.78 is 40.5. The monoisotopic (exact) mass is 322 g/mol. The van der Waals surface area contributed by atoms with E-state index >= 15 is 0 Å². The van der Waals surface area contributed by atoms with E-state index in [1.807, 2.05) is 0 Å². The van der Waals surface area contributed by atoms with Gasteiger partial charge < -0.3 is 9.29 Å². The minimum atomic E-state index is -3.82. The quantitative estimate of drug-likeness (QED) is 0.451. The van der Waals surface area contributed by atoms with E-state index in [0.29, 0.717) is 12.3 Å². The van der Waals surface area contributed by atoms with Crippen LogP contribution >= 0.6 is 10.8 Å². The largest absolute Gasteiger partial charge is 0.461 e. The number of alkyl halides is 2. The Bertz CT molecular complexity index is 400. The van der Waals surface area contributed by atoms with Crippen molar-refractivity contribution in [2.75, 3.05) is 6.61 Å². The SMILES string of the molecule is C/C=S(\O)C(F)(F)C(=O)OCCCC1CC2CCC(C1)C2. The minimum Gasteiger partial charge on any atom is -0.461 e. The third-order valence-electron chi connectivity index (χ3n) is 4.70. The Morgan fingerprint density at radius 3 is 2.52 bits per heavy atom. The maximum Gasteiger partial charge on any atom is 0.405 e. The topological polar surface area (TPSA) is 46.5 Å². The first kappa shape index (κ1) is 16.9. The average molecular weight is 322 g/mol. The first-order chi connectivity index (χ1) is 9.93. The van der Waals surface area contributed by atoms with Crippen molar-refractivity contribution in [3.8, 4) is 0 Å². The van der Waals surface area contributed by atoms with Gasteiger partial charge in [0.25, 0.3) is 0 Å². The first-order valence-electron chi connectivity index (χ1n) is 7.70. The molecule has 0 aliphatic heterocycles. The summed E-state index contributed by atoms with van der Waals surface area (Å²) in [4.78, 5) is 11.3. The van der Waals surface area contributed by atoms with Gasteiger partial charge in [-0.3, -0.25) is 0 Å². The van der Waals surface area contributed by atoms with Crippen molar-refractivity contribution in [1.82, 2.24) is 0 Å². The third kappa shape index (κ3) is 4.25. The number of esters is 1. The molecule has 0 aromatic carbocycles. The fourth-order valence-electron chi connectivity index (χ4n) is 3.74. The number of ether oxygens (including phenoxy) is 1. The van der Waals surface area contributed by atoms with E-state index in [1.54, 1.807) is 0 Å². The third-order valence-corrected chi connectivity index (χ3v) is 5.84. The molecule has 2 saturated carbocycles. The van der Waals surface area contributed by atoms with Gasteiger partial charge in [-0.1, -0.05) is 12.8 Å². The Morgan fingerprint density at radius 2 is 1.95 bits per heavy atom. The summed E-state index contributed by atoms with van der Waals surface area (Å²) in [5, 5.41) is -2.90. The van der Waals surface area contributed by atoms with Crippen LogP contribution in [0, 0.1) is 17.8 Å². The highest BCUT2D eigenvalue weighted by Crippen LogP contribution is 2.45. The zero-order valence-electron chi connectivity index (χ0n) is 12.4. The number of carbonyl (C=O) groups is 1. The van der Waals surface area contributed by atoms with Crippen LogP contribution in [-0.2, 0) is 9.53 Å². The van der Waals surface area contributed by atoms with Crippen LogP contribution in [0.1, 0.15) is 51.9 Å². The van der Waals surface area contributed by atoms with Gasteiger partial charge in [0.1, 0.15) is 0 Å². The Morgan fingerprint density at radius 1 is 1.33 bits per heavy atom. The Hall–Kier alpha value is -0.490. The number of halogens is 2. The molecule has 3 nitrogen and oxygen atoms in total. The van der Waals surface area contributed by atoms with Crippen LogP contribution in [0.3, 0.4) is 0 Å². The lowest BCUT2D eigenvalue weighted by molar-refractivity contribution is -0.160. The fraction of sp³-hybridized carbons (Fsp3) is 0.867. The van der Waals surface area contributed by atoms with Gasteiger partial charge in [-0.25, -0.2) is 4.79 Å². The van der Waals surface area contributed by atoms with Crippen molar-refractivity contribution in [1.29, 1.82) is 0 Å². The van der Waals surface area contributed by atoms with Crippen molar-refractivity contribution in [3.63, 3.8) is 0 Å². The van der Waals surface area contributed by atoms with Gasteiger partial charge >= 0.3 is 11.2 Å². The highest BCUT2D eigenvalue weighted by molar-refractivity contribution is 8.11. The molecule has 0 aromatic rings. The lowest BCUT2D eigenvalue weighted by Crippen LogP contribution is -2.29. The molecule has 2 fully saturated rings. The average Bonchev–Trinajstić information content (AvgIpc) is 2.81. The Balaban J connectivity index is 1.67. The molecule has 0 aromatic heterocycles. The summed E-state index contributed by atoms with van der Waals surface area (Å²) in [6.07, 6.45) is 8.10. The molecule has 2 bridgehead atoms. The summed E-state index contributed by atoms with van der Waals surface area (Å²) in [5.74, 6) is 0.760. The second kappa shape index (κ2) is 7.18. The molecular formula is C15H24F2O3S. The molecule has 2 rings (SSSR count). The van der Waals surface area contributed by atoms with Crippen molar-refractivity contribution >= 4 is 22.1 Å². The van der Waals surface area contributed by atoms with Gasteiger partial charge in [-0.2, -0.15) is 8.78 Å². The smallest absolute Gasteiger partial charge is 0.405 e. The number of hydrogen-bond acceptors (Lipinski definition) is 3. The number of rotatable bonds is 6. The normalized spacial score (nSPS) is 30.4. The van der Waals surface area contributed by atoms with E-state index in [2.05, 4.69) is 4.74 Å². The molecule has 6 heteroatoms. The molecule has 0 spiro atoms. The molecule has 2 aliphatic carbocycles. The van der Waals surface area contributed by atoms with Gasteiger partial charge in [0, 0.05) is 10.8 Å². The predicted octanol–water partition coefficient (Wildman–Crippen LogP) is 4.29. The second-order valence-corrected chi connectivity index (χ2v) is 7.84. The van der Waals surface area contributed by atoms with Gasteiger partial charge in [0.05, 0.1) is 6.61 Å². The van der Waals surface area contributed by atoms with Crippen LogP contribution in [0.4, 0.5) is 8.78 Å². The van der Waals surface area contributed by atoms with Crippen LogP contribution < -0.4 is 0 Å². The molecule has 2 aliphatic rings. The van der Waals surface area contributed by atoms with Crippen molar-refractivity contribution in [2.45, 2.75) is 57.1 Å². The summed E-state index contributed by atoms with van der Waals surface area (Å²) in [6.45, 7) is 1.31. The van der Waals surface area contributed by atoms with Gasteiger partial charge in [-0.15, -0.1) is 0 Å². The molecule has 0 amide bonds. The predicted molar refractivity (Wildman–Crippen MR) is 80.7 cm³/mol.